The van der Waals surface area contributed by atoms with Gasteiger partial charge in [0.25, 0.3) is 5.82 Å². The van der Waals surface area contributed by atoms with Crippen LogP contribution in [0, 0.1) is 0 Å². The van der Waals surface area contributed by atoms with Gasteiger partial charge in [0.2, 0.25) is 4.96 Å². The molecule has 1 unspecified atom stereocenters. The molecule has 2 heterocycles. The SMILES string of the molecule is CC(N)CCCc1nn2c(C(F)(F)F)nnc2s1. The van der Waals surface area contributed by atoms with Gasteiger partial charge in [-0.05, 0) is 19.8 Å². The fraction of sp³-hybridized carbons (Fsp3) is 0.667. The zero-order valence-electron chi connectivity index (χ0n) is 9.61. The predicted molar refractivity (Wildman–Crippen MR) is 60.2 cm³/mol. The number of hydrogen-bond donors (Lipinski definition) is 1. The van der Waals surface area contributed by atoms with Crippen LogP contribution in [0.4, 0.5) is 13.2 Å². The van der Waals surface area contributed by atoms with Crippen molar-refractivity contribution in [2.24, 2.45) is 5.73 Å². The van der Waals surface area contributed by atoms with Gasteiger partial charge < -0.3 is 5.73 Å². The Hall–Kier alpha value is -1.22. The minimum absolute atomic E-state index is 0.0847. The van der Waals surface area contributed by atoms with Gasteiger partial charge in [-0.1, -0.05) is 11.3 Å². The molecule has 0 aliphatic rings. The quantitative estimate of drug-likeness (QED) is 0.927. The van der Waals surface area contributed by atoms with Gasteiger partial charge in [-0.2, -0.15) is 22.8 Å². The highest BCUT2D eigenvalue weighted by Crippen LogP contribution is 2.29. The first-order chi connectivity index (χ1) is 8.38. The number of fused-ring (bicyclic) bond motifs is 1. The van der Waals surface area contributed by atoms with Gasteiger partial charge in [-0.15, -0.1) is 10.2 Å². The lowest BCUT2D eigenvalue weighted by Gasteiger charge is -2.02. The molecule has 0 aromatic carbocycles. The van der Waals surface area contributed by atoms with Gasteiger partial charge in [0.05, 0.1) is 0 Å². The van der Waals surface area contributed by atoms with Crippen molar-refractivity contribution in [2.75, 3.05) is 0 Å². The molecule has 2 aromatic rings. The van der Waals surface area contributed by atoms with Crippen molar-refractivity contribution < 1.29 is 13.2 Å². The van der Waals surface area contributed by atoms with Crippen molar-refractivity contribution in [1.82, 2.24) is 19.8 Å². The van der Waals surface area contributed by atoms with Gasteiger partial charge in [0, 0.05) is 12.5 Å². The van der Waals surface area contributed by atoms with Crippen molar-refractivity contribution >= 4 is 16.3 Å². The Kier molecular flexibility index (Phi) is 3.53. The van der Waals surface area contributed by atoms with E-state index in [-0.39, 0.29) is 11.0 Å². The molecule has 0 radical (unpaired) electrons. The highest BCUT2D eigenvalue weighted by molar-refractivity contribution is 7.16. The molecular formula is C9H12F3N5S. The molecule has 100 valence electrons. The number of aromatic nitrogens is 4. The third kappa shape index (κ3) is 2.78. The second-order valence-corrected chi connectivity index (χ2v) is 5.12. The molecular weight excluding hydrogens is 267 g/mol. The summed E-state index contributed by atoms with van der Waals surface area (Å²) in [4.78, 5) is 0.165. The van der Waals surface area contributed by atoms with E-state index in [9.17, 15) is 13.2 Å². The Labute approximate surface area is 105 Å². The van der Waals surface area contributed by atoms with E-state index >= 15 is 0 Å². The lowest BCUT2D eigenvalue weighted by Crippen LogP contribution is -2.14. The van der Waals surface area contributed by atoms with Crippen LogP contribution in [0.25, 0.3) is 4.96 Å². The van der Waals surface area contributed by atoms with E-state index in [4.69, 9.17) is 5.73 Å². The number of halogens is 3. The third-order valence-corrected chi connectivity index (χ3v) is 3.29. The first-order valence-electron chi connectivity index (χ1n) is 5.42. The van der Waals surface area contributed by atoms with Crippen LogP contribution >= 0.6 is 11.3 Å². The smallest absolute Gasteiger partial charge is 0.328 e. The molecule has 2 rings (SSSR count). The molecule has 0 saturated carbocycles. The van der Waals surface area contributed by atoms with Crippen LogP contribution in [0.2, 0.25) is 0 Å². The van der Waals surface area contributed by atoms with E-state index in [0.29, 0.717) is 11.4 Å². The van der Waals surface area contributed by atoms with Gasteiger partial charge in [-0.25, -0.2) is 0 Å². The summed E-state index contributed by atoms with van der Waals surface area (Å²) in [6.45, 7) is 1.89. The van der Waals surface area contributed by atoms with Crippen molar-refractivity contribution in [3.05, 3.63) is 10.8 Å². The Morgan fingerprint density at radius 2 is 2.11 bits per heavy atom. The fourth-order valence-electron chi connectivity index (χ4n) is 1.51. The minimum Gasteiger partial charge on any atom is -0.328 e. The summed E-state index contributed by atoms with van der Waals surface area (Å²) in [5.74, 6) is -1.08. The maximum Gasteiger partial charge on any atom is 0.453 e. The molecule has 0 fully saturated rings. The van der Waals surface area contributed by atoms with Crippen molar-refractivity contribution in [3.63, 3.8) is 0 Å². The number of nitrogens with zero attached hydrogens (tertiary/aromatic N) is 4. The lowest BCUT2D eigenvalue weighted by atomic mass is 10.1. The maximum absolute atomic E-state index is 12.5. The van der Waals surface area contributed by atoms with Crippen LogP contribution in [-0.4, -0.2) is 25.9 Å². The van der Waals surface area contributed by atoms with Crippen LogP contribution < -0.4 is 5.73 Å². The number of hydrogen-bond acceptors (Lipinski definition) is 5. The highest BCUT2D eigenvalue weighted by Gasteiger charge is 2.38. The summed E-state index contributed by atoms with van der Waals surface area (Å²) in [5.41, 5.74) is 5.60. The Morgan fingerprint density at radius 3 is 2.72 bits per heavy atom. The van der Waals surface area contributed by atoms with E-state index in [0.717, 1.165) is 28.7 Å². The van der Waals surface area contributed by atoms with E-state index in [1.807, 2.05) is 6.92 Å². The molecule has 0 saturated heterocycles. The highest BCUT2D eigenvalue weighted by atomic mass is 32.1. The average molecular weight is 279 g/mol. The Bertz CT molecular complexity index is 530. The first-order valence-corrected chi connectivity index (χ1v) is 6.23. The van der Waals surface area contributed by atoms with E-state index in [1.165, 1.54) is 0 Å². The number of nitrogens with two attached hydrogens (primary N) is 1. The zero-order valence-corrected chi connectivity index (χ0v) is 10.4. The third-order valence-electron chi connectivity index (χ3n) is 2.34. The summed E-state index contributed by atoms with van der Waals surface area (Å²) >= 11 is 1.12. The molecule has 5 nitrogen and oxygen atoms in total. The minimum atomic E-state index is -4.53. The fourth-order valence-corrected chi connectivity index (χ4v) is 2.38. The van der Waals surface area contributed by atoms with E-state index < -0.39 is 12.0 Å². The molecule has 0 aliphatic carbocycles. The number of aryl methyl sites for hydroxylation is 1. The Balaban J connectivity index is 2.16. The molecule has 2 N–H and O–H groups in total. The predicted octanol–water partition coefficient (Wildman–Crippen LogP) is 1.87. The summed E-state index contributed by atoms with van der Waals surface area (Å²) in [6.07, 6.45) is -2.32. The van der Waals surface area contributed by atoms with E-state index in [1.54, 1.807) is 0 Å². The van der Waals surface area contributed by atoms with Crippen LogP contribution in [0.5, 0.6) is 0 Å². The molecule has 0 amide bonds. The molecule has 1 atom stereocenters. The molecule has 9 heteroatoms. The largest absolute Gasteiger partial charge is 0.453 e. The van der Waals surface area contributed by atoms with Gasteiger partial charge in [-0.3, -0.25) is 0 Å². The zero-order chi connectivity index (χ0) is 13.3. The standard InChI is InChI=1S/C9H12F3N5S/c1-5(13)3-2-4-6-16-17-7(9(10,11)12)14-15-8(17)18-6/h5H,2-4,13H2,1H3. The topological polar surface area (TPSA) is 69.1 Å². The monoisotopic (exact) mass is 279 g/mol. The Morgan fingerprint density at radius 1 is 1.39 bits per heavy atom. The van der Waals surface area contributed by atoms with Crippen LogP contribution in [-0.2, 0) is 12.6 Å². The number of rotatable bonds is 4. The molecule has 0 bridgehead atoms. The van der Waals surface area contributed by atoms with Crippen LogP contribution in [0.1, 0.15) is 30.6 Å². The molecule has 18 heavy (non-hydrogen) atoms. The number of alkyl halides is 3. The van der Waals surface area contributed by atoms with Crippen LogP contribution in [0.3, 0.4) is 0 Å². The molecule has 0 spiro atoms. The lowest BCUT2D eigenvalue weighted by molar-refractivity contribution is -0.146. The molecule has 0 aliphatic heterocycles. The summed E-state index contributed by atoms with van der Waals surface area (Å²) < 4.78 is 38.4. The van der Waals surface area contributed by atoms with Gasteiger partial charge in [0.1, 0.15) is 5.01 Å². The normalized spacial score (nSPS) is 14.3. The first kappa shape index (κ1) is 13.2. The maximum atomic E-state index is 12.5. The average Bonchev–Trinajstić information content (AvgIpc) is 2.73. The van der Waals surface area contributed by atoms with Crippen LogP contribution in [0.15, 0.2) is 0 Å². The summed E-state index contributed by atoms with van der Waals surface area (Å²) in [6, 6.07) is 0.0847. The van der Waals surface area contributed by atoms with Crippen molar-refractivity contribution in [1.29, 1.82) is 0 Å². The summed E-state index contributed by atoms with van der Waals surface area (Å²) in [7, 11) is 0. The van der Waals surface area contributed by atoms with Crippen molar-refractivity contribution in [3.8, 4) is 0 Å². The second kappa shape index (κ2) is 4.81. The van der Waals surface area contributed by atoms with E-state index in [2.05, 4.69) is 15.3 Å². The summed E-state index contributed by atoms with van der Waals surface area (Å²) in [5, 5.41) is 11.1. The van der Waals surface area contributed by atoms with Crippen molar-refractivity contribution in [2.45, 2.75) is 38.4 Å². The second-order valence-electron chi connectivity index (χ2n) is 4.08. The van der Waals surface area contributed by atoms with Gasteiger partial charge >= 0.3 is 6.18 Å². The molecule has 2 aromatic heterocycles. The van der Waals surface area contributed by atoms with Gasteiger partial charge in [0.15, 0.2) is 0 Å².